The van der Waals surface area contributed by atoms with Crippen LogP contribution in [-0.4, -0.2) is 145 Å². The van der Waals surface area contributed by atoms with Gasteiger partial charge in [0.1, 0.15) is 0 Å². The lowest BCUT2D eigenvalue weighted by atomic mass is 10.1. The fourth-order valence-electron chi connectivity index (χ4n) is 5.53. The molecule has 33 heteroatoms. The molecule has 0 spiro atoms. The molecule has 0 heterocycles. The van der Waals surface area contributed by atoms with Crippen LogP contribution in [0.4, 0.5) is 63.1 Å². The van der Waals surface area contributed by atoms with Gasteiger partial charge in [-0.2, -0.15) is 35.1 Å². The Bertz CT molecular complexity index is 1840. The number of carbonyl (C=O) groups excluding carboxylic acids is 8. The number of esters is 4. The maximum absolute atomic E-state index is 14.0. The summed E-state index contributed by atoms with van der Waals surface area (Å²) in [6.45, 7) is 0.724. The second-order valence-electron chi connectivity index (χ2n) is 16.0. The average Bonchev–Trinajstić information content (AvgIpc) is 3.34. The van der Waals surface area contributed by atoms with E-state index in [1.54, 1.807) is 0 Å². The lowest BCUT2D eigenvalue weighted by molar-refractivity contribution is -0.566. The smallest absolute Gasteiger partial charge is 0.450 e. The van der Waals surface area contributed by atoms with Gasteiger partial charge in [0.15, 0.2) is 13.2 Å². The molecule has 0 bridgehead atoms. The second-order valence-corrected chi connectivity index (χ2v) is 16.0. The van der Waals surface area contributed by atoms with E-state index in [0.29, 0.717) is 89.9 Å². The van der Waals surface area contributed by atoms with E-state index in [1.807, 2.05) is 10.6 Å². The summed E-state index contributed by atoms with van der Waals surface area (Å²) in [5, 5.41) is 8.96. The van der Waals surface area contributed by atoms with Crippen molar-refractivity contribution in [2.75, 3.05) is 66.2 Å². The lowest BCUT2D eigenvalue weighted by Crippen LogP contribution is -2.54. The Morgan fingerprint density at radius 1 is 0.359 bits per heavy atom. The molecule has 0 aliphatic carbocycles. The first-order valence-electron chi connectivity index (χ1n) is 24.2. The molecule has 0 atom stereocenters. The summed E-state index contributed by atoms with van der Waals surface area (Å²) >= 11 is 0. The number of hydrogen-bond acceptors (Lipinski definition) is 19. The zero-order valence-corrected chi connectivity index (χ0v) is 42.4. The predicted octanol–water partition coefficient (Wildman–Crippen LogP) is 8.34. The summed E-state index contributed by atoms with van der Waals surface area (Å²) in [5.41, 5.74) is 0. The molecule has 450 valence electrons. The van der Waals surface area contributed by atoms with Crippen molar-refractivity contribution in [2.45, 2.75) is 146 Å². The van der Waals surface area contributed by atoms with E-state index in [1.165, 1.54) is 0 Å². The molecule has 4 amide bonds. The Hall–Kier alpha value is -6.38. The first kappa shape index (κ1) is 71.6. The standard InChI is InChI=1S/C45H66F10N4O19/c1-3-33(60)72-31-74-35(62)21-13-11-19-27-68-37(64)56-23-15-7-5-9-17-25-58-39(66)70-29-41(46,47)76-43(50,51)44(52,53)78-45(54,55)77-42(48,49)30-71-40(67)59-26-18-10-6-8-16-24-57-38(65)69-28-20-12-14-22-36(63)75-32-73-34(61)4-2/h3-4H,1-2,5-32H2,(H,56,64)(H,57,65)(H,58,66)(H,59,67). The number of ether oxygens (including phenoxy) is 11. The van der Waals surface area contributed by atoms with Crippen LogP contribution >= 0.6 is 0 Å². The van der Waals surface area contributed by atoms with E-state index in [0.717, 1.165) is 12.2 Å². The van der Waals surface area contributed by atoms with Crippen molar-refractivity contribution in [2.24, 2.45) is 0 Å². The highest BCUT2D eigenvalue weighted by Gasteiger charge is 2.69. The first-order valence-corrected chi connectivity index (χ1v) is 24.2. The van der Waals surface area contributed by atoms with Gasteiger partial charge in [-0.15, -0.1) is 8.78 Å². The molecule has 0 rings (SSSR count). The monoisotopic (exact) mass is 1160 g/mol. The minimum Gasteiger partial charge on any atom is -0.450 e. The van der Waals surface area contributed by atoms with Crippen molar-refractivity contribution in [3.8, 4) is 0 Å². The fraction of sp³-hybridized carbons (Fsp3) is 0.733. The molecule has 0 aromatic carbocycles. The van der Waals surface area contributed by atoms with Crippen molar-refractivity contribution >= 4 is 48.3 Å². The third-order valence-corrected chi connectivity index (χ3v) is 9.35. The fourth-order valence-corrected chi connectivity index (χ4v) is 5.53. The average molecular weight is 1160 g/mol. The predicted molar refractivity (Wildman–Crippen MR) is 243 cm³/mol. The number of amides is 4. The third-order valence-electron chi connectivity index (χ3n) is 9.35. The van der Waals surface area contributed by atoms with Crippen LogP contribution in [-0.2, 0) is 71.3 Å². The van der Waals surface area contributed by atoms with Crippen LogP contribution in [0.1, 0.15) is 116 Å². The van der Waals surface area contributed by atoms with Gasteiger partial charge in [0.2, 0.25) is 13.6 Å². The van der Waals surface area contributed by atoms with Gasteiger partial charge in [0, 0.05) is 51.2 Å². The molecule has 0 fully saturated rings. The summed E-state index contributed by atoms with van der Waals surface area (Å²) in [5.74, 6) is -2.63. The van der Waals surface area contributed by atoms with Crippen LogP contribution in [0, 0.1) is 0 Å². The molecule has 0 aromatic heterocycles. The van der Waals surface area contributed by atoms with E-state index < -0.39 is 106 Å². The molecular weight excluding hydrogens is 1090 g/mol. The van der Waals surface area contributed by atoms with Gasteiger partial charge in [-0.25, -0.2) is 43.0 Å². The molecule has 0 radical (unpaired) electrons. The van der Waals surface area contributed by atoms with E-state index in [9.17, 15) is 82.3 Å². The normalized spacial score (nSPS) is 11.8. The largest absolute Gasteiger partial charge is 0.495 e. The Labute approximate surface area is 441 Å². The van der Waals surface area contributed by atoms with Gasteiger partial charge in [0.25, 0.3) is 0 Å². The zero-order valence-electron chi connectivity index (χ0n) is 42.4. The molecule has 0 aliphatic heterocycles. The van der Waals surface area contributed by atoms with Gasteiger partial charge >= 0.3 is 79.0 Å². The van der Waals surface area contributed by atoms with Crippen LogP contribution in [0.5, 0.6) is 0 Å². The Balaban J connectivity index is 4.21. The summed E-state index contributed by atoms with van der Waals surface area (Å²) < 4.78 is 183. The highest BCUT2D eigenvalue weighted by atomic mass is 19.3. The number of halogens is 10. The first-order chi connectivity index (χ1) is 36.6. The van der Waals surface area contributed by atoms with Crippen molar-refractivity contribution < 1.29 is 134 Å². The summed E-state index contributed by atoms with van der Waals surface area (Å²) in [6.07, 6.45) is -25.8. The van der Waals surface area contributed by atoms with Crippen molar-refractivity contribution in [3.63, 3.8) is 0 Å². The summed E-state index contributed by atoms with van der Waals surface area (Å²) in [4.78, 5) is 91.7. The third kappa shape index (κ3) is 39.9. The summed E-state index contributed by atoms with van der Waals surface area (Å²) in [6, 6.07) is 0. The maximum atomic E-state index is 14.0. The van der Waals surface area contributed by atoms with Crippen molar-refractivity contribution in [1.29, 1.82) is 0 Å². The van der Waals surface area contributed by atoms with E-state index in [4.69, 9.17) is 9.47 Å². The Kier molecular flexibility index (Phi) is 36.6. The second kappa shape index (κ2) is 39.9. The molecule has 0 aromatic rings. The Morgan fingerprint density at radius 3 is 1.03 bits per heavy atom. The van der Waals surface area contributed by atoms with Crippen LogP contribution in [0.3, 0.4) is 0 Å². The van der Waals surface area contributed by atoms with Crippen molar-refractivity contribution in [3.05, 3.63) is 25.3 Å². The number of hydrogen-bond donors (Lipinski definition) is 4. The number of unbranched alkanes of at least 4 members (excludes halogenated alkanes) is 12. The number of alkyl halides is 10. The molecule has 0 saturated heterocycles. The minimum absolute atomic E-state index is 0.0638. The van der Waals surface area contributed by atoms with Gasteiger partial charge in [-0.3, -0.25) is 9.59 Å². The van der Waals surface area contributed by atoms with Crippen LogP contribution in [0.15, 0.2) is 25.3 Å². The summed E-state index contributed by atoms with van der Waals surface area (Å²) in [7, 11) is 0. The molecular formula is C45H66F10N4O19. The topological polar surface area (TPSA) is 286 Å². The number of carbonyl (C=O) groups is 8. The molecule has 78 heavy (non-hydrogen) atoms. The highest BCUT2D eigenvalue weighted by Crippen LogP contribution is 2.44. The zero-order chi connectivity index (χ0) is 58.9. The molecule has 23 nitrogen and oxygen atoms in total. The van der Waals surface area contributed by atoms with Crippen LogP contribution in [0.2, 0.25) is 0 Å². The van der Waals surface area contributed by atoms with Gasteiger partial charge in [-0.05, 0) is 64.2 Å². The molecule has 0 saturated carbocycles. The SMILES string of the molecule is C=CC(=O)OCOC(=O)CCCCCOC(=O)NCCCCCCCNC(=O)OCC(F)(F)OC(F)(F)OC(F)(F)C(F)(F)OC(F)(F)COC(=O)NCCCCCCCNC(=O)OCCCCCC(=O)OCOC(=O)C=C. The van der Waals surface area contributed by atoms with E-state index in [-0.39, 0.29) is 65.1 Å². The van der Waals surface area contributed by atoms with Crippen LogP contribution in [0.25, 0.3) is 0 Å². The van der Waals surface area contributed by atoms with Crippen molar-refractivity contribution in [1.82, 2.24) is 21.3 Å². The molecule has 0 unspecified atom stereocenters. The number of rotatable bonds is 45. The van der Waals surface area contributed by atoms with Gasteiger partial charge in [0.05, 0.1) is 13.2 Å². The number of nitrogens with one attached hydrogen (secondary N) is 4. The van der Waals surface area contributed by atoms with Gasteiger partial charge in [-0.1, -0.05) is 51.7 Å². The van der Waals surface area contributed by atoms with E-state index in [2.05, 4.69) is 66.4 Å². The number of alkyl carbamates (subject to hydrolysis) is 4. The van der Waals surface area contributed by atoms with Gasteiger partial charge < -0.3 is 59.2 Å². The molecule has 4 N–H and O–H groups in total. The highest BCUT2D eigenvalue weighted by molar-refractivity contribution is 5.81. The lowest BCUT2D eigenvalue weighted by Gasteiger charge is -2.31. The van der Waals surface area contributed by atoms with E-state index >= 15 is 0 Å². The molecule has 0 aliphatic rings. The minimum atomic E-state index is -6.81. The Morgan fingerprint density at radius 2 is 0.667 bits per heavy atom. The quantitative estimate of drug-likeness (QED) is 0.0111. The maximum Gasteiger partial charge on any atom is 0.495 e. The van der Waals surface area contributed by atoms with Crippen LogP contribution < -0.4 is 21.3 Å².